The molecule has 0 spiro atoms. The fourth-order valence-corrected chi connectivity index (χ4v) is 3.44. The van der Waals surface area contributed by atoms with Crippen molar-refractivity contribution in [2.24, 2.45) is 11.8 Å². The summed E-state index contributed by atoms with van der Waals surface area (Å²) in [6.45, 7) is 2.34. The van der Waals surface area contributed by atoms with Gasteiger partial charge >= 0.3 is 0 Å². The van der Waals surface area contributed by atoms with Crippen LogP contribution in [0.3, 0.4) is 0 Å². The summed E-state index contributed by atoms with van der Waals surface area (Å²) < 4.78 is 18.7. The smallest absolute Gasteiger partial charge is 0.165 e. The van der Waals surface area contributed by atoms with E-state index in [-0.39, 0.29) is 5.82 Å². The number of nitrogens with one attached hydrogen (secondary N) is 1. The quantitative estimate of drug-likeness (QED) is 0.885. The first-order chi connectivity index (χ1) is 9.63. The molecule has 1 aliphatic rings. The number of hydrogen-bond donors (Lipinski definition) is 1. The summed E-state index contributed by atoms with van der Waals surface area (Å²) in [5.41, 5.74) is 1.04. The van der Waals surface area contributed by atoms with E-state index in [9.17, 15) is 4.39 Å². The van der Waals surface area contributed by atoms with Gasteiger partial charge in [-0.3, -0.25) is 0 Å². The molecule has 0 aromatic heterocycles. The van der Waals surface area contributed by atoms with Gasteiger partial charge in [-0.25, -0.2) is 4.39 Å². The third-order valence-electron chi connectivity index (χ3n) is 4.59. The molecule has 1 fully saturated rings. The highest BCUT2D eigenvalue weighted by Gasteiger charge is 2.26. The highest BCUT2D eigenvalue weighted by Crippen LogP contribution is 2.32. The van der Waals surface area contributed by atoms with Crippen molar-refractivity contribution in [3.63, 3.8) is 0 Å². The Kier molecular flexibility index (Phi) is 5.41. The fraction of sp³-hybridized carbons (Fsp3) is 0.647. The van der Waals surface area contributed by atoms with Gasteiger partial charge in [0, 0.05) is 6.04 Å². The minimum absolute atomic E-state index is 0.267. The lowest BCUT2D eigenvalue weighted by Crippen LogP contribution is -2.38. The molecule has 1 aromatic carbocycles. The Balaban J connectivity index is 2.04. The normalized spacial score (nSPS) is 24.4. The van der Waals surface area contributed by atoms with E-state index < -0.39 is 0 Å². The van der Waals surface area contributed by atoms with Crippen molar-refractivity contribution in [2.45, 2.75) is 45.1 Å². The highest BCUT2D eigenvalue weighted by molar-refractivity contribution is 5.29. The van der Waals surface area contributed by atoms with Crippen LogP contribution in [0, 0.1) is 17.7 Å². The van der Waals surface area contributed by atoms with Gasteiger partial charge in [-0.15, -0.1) is 0 Å². The molecular formula is C17H26FNO. The van der Waals surface area contributed by atoms with Crippen molar-refractivity contribution >= 4 is 0 Å². The molecule has 2 rings (SSSR count). The second-order valence-corrected chi connectivity index (χ2v) is 6.10. The Morgan fingerprint density at radius 3 is 2.80 bits per heavy atom. The Morgan fingerprint density at radius 1 is 1.40 bits per heavy atom. The summed E-state index contributed by atoms with van der Waals surface area (Å²) in [4.78, 5) is 0. The molecule has 0 radical (unpaired) electrons. The van der Waals surface area contributed by atoms with Crippen LogP contribution in [0.25, 0.3) is 0 Å². The number of ether oxygens (including phenoxy) is 1. The van der Waals surface area contributed by atoms with E-state index in [1.807, 2.05) is 13.1 Å². The third-order valence-corrected chi connectivity index (χ3v) is 4.59. The molecular weight excluding hydrogens is 253 g/mol. The van der Waals surface area contributed by atoms with Gasteiger partial charge in [0.2, 0.25) is 0 Å². The number of rotatable bonds is 5. The summed E-state index contributed by atoms with van der Waals surface area (Å²) >= 11 is 0. The lowest BCUT2D eigenvalue weighted by molar-refractivity contribution is 0.227. The molecule has 3 heteroatoms. The van der Waals surface area contributed by atoms with Crippen molar-refractivity contribution < 1.29 is 9.13 Å². The minimum Gasteiger partial charge on any atom is -0.494 e. The van der Waals surface area contributed by atoms with E-state index in [4.69, 9.17) is 4.74 Å². The standard InChI is InChI=1S/C17H26FNO/c1-12-5-4-6-14(9-12)16(19-2)11-13-7-8-17(20-3)15(18)10-13/h7-8,10,12,14,16,19H,4-6,9,11H2,1-3H3. The summed E-state index contributed by atoms with van der Waals surface area (Å²) in [7, 11) is 3.52. The zero-order valence-electron chi connectivity index (χ0n) is 12.8. The maximum Gasteiger partial charge on any atom is 0.165 e. The van der Waals surface area contributed by atoms with E-state index in [1.165, 1.54) is 32.8 Å². The number of benzene rings is 1. The molecule has 0 bridgehead atoms. The van der Waals surface area contributed by atoms with Crippen molar-refractivity contribution in [1.29, 1.82) is 0 Å². The maximum absolute atomic E-state index is 13.8. The Bertz CT molecular complexity index is 435. The van der Waals surface area contributed by atoms with Crippen LogP contribution < -0.4 is 10.1 Å². The van der Waals surface area contributed by atoms with Crippen molar-refractivity contribution in [1.82, 2.24) is 5.32 Å². The van der Waals surface area contributed by atoms with Crippen LogP contribution in [0.1, 0.15) is 38.2 Å². The maximum atomic E-state index is 13.8. The minimum atomic E-state index is -0.267. The second-order valence-electron chi connectivity index (χ2n) is 6.10. The Labute approximate surface area is 121 Å². The lowest BCUT2D eigenvalue weighted by atomic mass is 9.77. The van der Waals surface area contributed by atoms with Gasteiger partial charge in [-0.1, -0.05) is 25.8 Å². The average Bonchev–Trinajstić information content (AvgIpc) is 2.45. The average molecular weight is 279 g/mol. The van der Waals surface area contributed by atoms with Crippen LogP contribution in [0.4, 0.5) is 4.39 Å². The van der Waals surface area contributed by atoms with Gasteiger partial charge in [0.1, 0.15) is 0 Å². The number of halogens is 1. The SMILES string of the molecule is CNC(Cc1ccc(OC)c(F)c1)C1CCCC(C)C1. The topological polar surface area (TPSA) is 21.3 Å². The third kappa shape index (κ3) is 3.72. The van der Waals surface area contributed by atoms with Gasteiger partial charge < -0.3 is 10.1 Å². The van der Waals surface area contributed by atoms with Crippen molar-refractivity contribution in [3.8, 4) is 5.75 Å². The van der Waals surface area contributed by atoms with E-state index in [0.29, 0.717) is 17.7 Å². The molecule has 3 unspecified atom stereocenters. The number of hydrogen-bond acceptors (Lipinski definition) is 2. The molecule has 1 N–H and O–H groups in total. The van der Waals surface area contributed by atoms with Crippen LogP contribution in [-0.4, -0.2) is 20.2 Å². The van der Waals surface area contributed by atoms with E-state index >= 15 is 0 Å². The summed E-state index contributed by atoms with van der Waals surface area (Å²) in [6, 6.07) is 5.74. The second kappa shape index (κ2) is 7.07. The molecule has 2 nitrogen and oxygen atoms in total. The first-order valence-corrected chi connectivity index (χ1v) is 7.63. The van der Waals surface area contributed by atoms with Gasteiger partial charge in [-0.2, -0.15) is 0 Å². The molecule has 1 aromatic rings. The monoisotopic (exact) mass is 279 g/mol. The van der Waals surface area contributed by atoms with Crippen LogP contribution >= 0.6 is 0 Å². The lowest BCUT2D eigenvalue weighted by Gasteiger charge is -2.33. The molecule has 0 amide bonds. The van der Waals surface area contributed by atoms with Crippen LogP contribution in [-0.2, 0) is 6.42 Å². The van der Waals surface area contributed by atoms with Crippen LogP contribution in [0.5, 0.6) is 5.75 Å². The molecule has 20 heavy (non-hydrogen) atoms. The predicted molar refractivity (Wildman–Crippen MR) is 80.6 cm³/mol. The molecule has 1 aliphatic carbocycles. The molecule has 3 atom stereocenters. The van der Waals surface area contributed by atoms with Gasteiger partial charge in [0.25, 0.3) is 0 Å². The van der Waals surface area contributed by atoms with E-state index in [1.54, 1.807) is 12.1 Å². The van der Waals surface area contributed by atoms with E-state index in [0.717, 1.165) is 17.9 Å². The number of likely N-dealkylation sites (N-methyl/N-ethyl adjacent to an activating group) is 1. The Morgan fingerprint density at radius 2 is 2.20 bits per heavy atom. The number of methoxy groups -OCH3 is 1. The molecule has 0 aliphatic heterocycles. The molecule has 0 heterocycles. The first kappa shape index (κ1) is 15.3. The van der Waals surface area contributed by atoms with Crippen LogP contribution in [0.15, 0.2) is 18.2 Å². The van der Waals surface area contributed by atoms with E-state index in [2.05, 4.69) is 12.2 Å². The predicted octanol–water partition coefficient (Wildman–Crippen LogP) is 3.79. The van der Waals surface area contributed by atoms with Crippen LogP contribution in [0.2, 0.25) is 0 Å². The largest absolute Gasteiger partial charge is 0.494 e. The summed E-state index contributed by atoms with van der Waals surface area (Å²) in [5.74, 6) is 1.57. The highest BCUT2D eigenvalue weighted by atomic mass is 19.1. The molecule has 112 valence electrons. The first-order valence-electron chi connectivity index (χ1n) is 7.63. The summed E-state index contributed by atoms with van der Waals surface area (Å²) in [5, 5.41) is 3.44. The van der Waals surface area contributed by atoms with Crippen molar-refractivity contribution in [3.05, 3.63) is 29.6 Å². The molecule has 0 saturated heterocycles. The van der Waals surface area contributed by atoms with Crippen molar-refractivity contribution in [2.75, 3.05) is 14.2 Å². The zero-order valence-corrected chi connectivity index (χ0v) is 12.8. The van der Waals surface area contributed by atoms with Gasteiger partial charge in [0.05, 0.1) is 7.11 Å². The Hall–Kier alpha value is -1.09. The molecule has 1 saturated carbocycles. The fourth-order valence-electron chi connectivity index (χ4n) is 3.44. The van der Waals surface area contributed by atoms with Gasteiger partial charge in [-0.05, 0) is 55.8 Å². The van der Waals surface area contributed by atoms with Gasteiger partial charge in [0.15, 0.2) is 11.6 Å². The summed E-state index contributed by atoms with van der Waals surface area (Å²) in [6.07, 6.45) is 6.12. The zero-order chi connectivity index (χ0) is 14.5.